The van der Waals surface area contributed by atoms with Crippen molar-refractivity contribution < 1.29 is 29.0 Å². The molecule has 12 heteroatoms. The fourth-order valence-electron chi connectivity index (χ4n) is 10.1. The van der Waals surface area contributed by atoms with Crippen molar-refractivity contribution in [2.45, 2.75) is 61.9 Å². The summed E-state index contributed by atoms with van der Waals surface area (Å²) in [5.74, 6) is -1.90. The number of rotatable bonds is 9. The van der Waals surface area contributed by atoms with E-state index in [1.54, 1.807) is 20.3 Å². The number of amides is 2. The third-order valence-corrected chi connectivity index (χ3v) is 11.3. The predicted octanol–water partition coefficient (Wildman–Crippen LogP) is 4.44. The first-order valence-electron chi connectivity index (χ1n) is 16.2. The van der Waals surface area contributed by atoms with Crippen LogP contribution in [0.1, 0.15) is 50.5 Å². The van der Waals surface area contributed by atoms with Crippen LogP contribution in [0.25, 0.3) is 0 Å². The molecule has 6 aliphatic carbocycles. The van der Waals surface area contributed by atoms with E-state index in [1.165, 1.54) is 0 Å². The van der Waals surface area contributed by atoms with Gasteiger partial charge in [-0.2, -0.15) is 10.2 Å². The summed E-state index contributed by atoms with van der Waals surface area (Å²) in [6.45, 7) is 0.0764. The summed E-state index contributed by atoms with van der Waals surface area (Å²) < 4.78 is 11.9. The average molecular weight is 664 g/mol. The quantitative estimate of drug-likeness (QED) is 0.353. The van der Waals surface area contributed by atoms with Crippen molar-refractivity contribution in [1.29, 1.82) is 0 Å². The molecule has 0 aromatic heterocycles. The Kier molecular flexibility index (Phi) is 8.82. The van der Waals surface area contributed by atoms with Crippen LogP contribution in [0.3, 0.4) is 0 Å². The SMILES string of the molecule is COc1cccc(OC)c1C12CC3CC(C1NC(=O)CN)C(C(=O)O)C(N(C(=O)C1=CCN=N1)C1=CC=CC4=CCCCC41)(C3)C2.Cl. The number of carbonyl (C=O) groups excluding carboxylic acids is 2. The first-order chi connectivity index (χ1) is 22.3. The second-order valence-electron chi connectivity index (χ2n) is 13.5. The lowest BCUT2D eigenvalue weighted by atomic mass is 9.39. The van der Waals surface area contributed by atoms with E-state index in [-0.39, 0.29) is 54.7 Å². The fourth-order valence-corrected chi connectivity index (χ4v) is 10.1. The fraction of sp³-hybridized carbons (Fsp3) is 0.514. The molecule has 11 nitrogen and oxygen atoms in total. The van der Waals surface area contributed by atoms with Gasteiger partial charge in [-0.05, 0) is 86.6 Å². The lowest BCUT2D eigenvalue weighted by Gasteiger charge is -2.70. The Morgan fingerprint density at radius 3 is 2.57 bits per heavy atom. The van der Waals surface area contributed by atoms with Crippen molar-refractivity contribution in [2.75, 3.05) is 27.3 Å². The smallest absolute Gasteiger partial charge is 0.309 e. The Balaban J connectivity index is 0.00000386. The number of carbonyl (C=O) groups is 3. The van der Waals surface area contributed by atoms with E-state index in [4.69, 9.17) is 15.2 Å². The summed E-state index contributed by atoms with van der Waals surface area (Å²) in [7, 11) is 3.21. The van der Waals surface area contributed by atoms with Gasteiger partial charge in [-0.3, -0.25) is 14.4 Å². The molecule has 2 amide bonds. The van der Waals surface area contributed by atoms with Gasteiger partial charge in [-0.25, -0.2) is 0 Å². The van der Waals surface area contributed by atoms with Crippen LogP contribution >= 0.6 is 12.4 Å². The van der Waals surface area contributed by atoms with Crippen LogP contribution in [-0.2, 0) is 19.8 Å². The van der Waals surface area contributed by atoms with E-state index >= 15 is 0 Å². The monoisotopic (exact) mass is 663 g/mol. The van der Waals surface area contributed by atoms with Crippen LogP contribution in [0.4, 0.5) is 0 Å². The lowest BCUT2D eigenvalue weighted by molar-refractivity contribution is -0.188. The van der Waals surface area contributed by atoms with Crippen molar-refractivity contribution in [3.05, 3.63) is 71.1 Å². The first-order valence-corrected chi connectivity index (χ1v) is 16.2. The van der Waals surface area contributed by atoms with Gasteiger partial charge >= 0.3 is 5.97 Å². The van der Waals surface area contributed by atoms with E-state index in [0.717, 1.165) is 36.1 Å². The molecule has 7 aliphatic rings. The minimum atomic E-state index is -1.14. The summed E-state index contributed by atoms with van der Waals surface area (Å²) in [5, 5.41) is 22.7. The van der Waals surface area contributed by atoms with E-state index in [2.05, 4.69) is 27.7 Å². The zero-order valence-electron chi connectivity index (χ0n) is 26.7. The molecule has 4 bridgehead atoms. The van der Waals surface area contributed by atoms with Crippen LogP contribution in [-0.4, -0.2) is 66.7 Å². The molecule has 7 atom stereocenters. The maximum atomic E-state index is 14.9. The molecule has 250 valence electrons. The number of allylic oxidation sites excluding steroid dienone is 5. The summed E-state index contributed by atoms with van der Waals surface area (Å²) in [4.78, 5) is 43.5. The van der Waals surface area contributed by atoms with Gasteiger partial charge in [-0.1, -0.05) is 24.3 Å². The normalized spacial score (nSPS) is 32.7. The van der Waals surface area contributed by atoms with E-state index in [0.29, 0.717) is 37.3 Å². The number of halogens is 1. The molecule has 1 aliphatic heterocycles. The molecule has 7 unspecified atom stereocenters. The van der Waals surface area contributed by atoms with Crippen LogP contribution in [0, 0.1) is 23.7 Å². The molecule has 0 saturated heterocycles. The lowest BCUT2D eigenvalue weighted by Crippen LogP contribution is -2.78. The van der Waals surface area contributed by atoms with Gasteiger partial charge in [0, 0.05) is 28.6 Å². The molecule has 4 N–H and O–H groups in total. The number of fused-ring (bicyclic) bond motifs is 1. The Hall–Kier alpha value is -3.96. The minimum Gasteiger partial charge on any atom is -0.496 e. The number of benzene rings is 1. The van der Waals surface area contributed by atoms with Gasteiger partial charge in [0.2, 0.25) is 5.91 Å². The van der Waals surface area contributed by atoms with Gasteiger partial charge in [0.05, 0.1) is 38.8 Å². The summed E-state index contributed by atoms with van der Waals surface area (Å²) >= 11 is 0. The van der Waals surface area contributed by atoms with Crippen LogP contribution in [0.5, 0.6) is 11.5 Å². The number of hydrogen-bond acceptors (Lipinski definition) is 8. The molecular formula is C35H42ClN5O6. The van der Waals surface area contributed by atoms with Crippen molar-refractivity contribution in [1.82, 2.24) is 10.2 Å². The molecule has 4 fully saturated rings. The second kappa shape index (κ2) is 12.6. The highest BCUT2D eigenvalue weighted by Crippen LogP contribution is 2.69. The molecule has 0 radical (unpaired) electrons. The maximum Gasteiger partial charge on any atom is 0.309 e. The van der Waals surface area contributed by atoms with Crippen LogP contribution in [0.2, 0.25) is 0 Å². The van der Waals surface area contributed by atoms with Crippen LogP contribution in [0.15, 0.2) is 75.8 Å². The largest absolute Gasteiger partial charge is 0.496 e. The third-order valence-electron chi connectivity index (χ3n) is 11.3. The van der Waals surface area contributed by atoms with Gasteiger partial charge in [-0.15, -0.1) is 12.4 Å². The highest BCUT2D eigenvalue weighted by atomic mass is 35.5. The third kappa shape index (κ3) is 5.01. The number of hydrogen-bond donors (Lipinski definition) is 3. The standard InChI is InChI=1S/C35H41N5O6.ClH/c1-45-26-11-6-12-27(46-2)30(26)34-16-20-15-23(31(34)38-28(41)18-36)29(33(43)44)35(17-20,19-34)40(32(42)24-13-14-37-39-24)25-10-5-8-21-7-3-4-9-22(21)25;/h5-8,10-13,20,22-23,29,31H,3-4,9,14-19,36H2,1-2H3,(H,38,41)(H,43,44);1H. The number of nitrogens with zero attached hydrogens (tertiary/aromatic N) is 3. The highest BCUT2D eigenvalue weighted by Gasteiger charge is 2.73. The first kappa shape index (κ1) is 33.0. The maximum absolute atomic E-state index is 14.9. The average Bonchev–Trinajstić information content (AvgIpc) is 3.61. The second-order valence-corrected chi connectivity index (χ2v) is 13.5. The molecule has 0 spiro atoms. The van der Waals surface area contributed by atoms with Crippen molar-refractivity contribution in [3.8, 4) is 11.5 Å². The number of carboxylic acids is 1. The molecule has 1 aromatic carbocycles. The van der Waals surface area contributed by atoms with Crippen LogP contribution < -0.4 is 20.5 Å². The molecule has 8 rings (SSSR count). The summed E-state index contributed by atoms with van der Waals surface area (Å²) in [5.41, 5.74) is 6.85. The summed E-state index contributed by atoms with van der Waals surface area (Å²) in [6.07, 6.45) is 14.8. The molecule has 1 heterocycles. The van der Waals surface area contributed by atoms with E-state index in [1.807, 2.05) is 35.3 Å². The topological polar surface area (TPSA) is 156 Å². The van der Waals surface area contributed by atoms with Crippen molar-refractivity contribution in [2.24, 2.45) is 39.6 Å². The number of nitrogens with two attached hydrogens (primary N) is 1. The number of ether oxygens (including phenoxy) is 2. The Bertz CT molecular complexity index is 1610. The van der Waals surface area contributed by atoms with Gasteiger partial charge < -0.3 is 30.5 Å². The molecule has 47 heavy (non-hydrogen) atoms. The van der Waals surface area contributed by atoms with Gasteiger partial charge in [0.15, 0.2) is 0 Å². The van der Waals surface area contributed by atoms with Crippen molar-refractivity contribution >= 4 is 30.2 Å². The van der Waals surface area contributed by atoms with Gasteiger partial charge in [0.25, 0.3) is 5.91 Å². The Morgan fingerprint density at radius 1 is 1.15 bits per heavy atom. The summed E-state index contributed by atoms with van der Waals surface area (Å²) in [6, 6.07) is 5.03. The zero-order chi connectivity index (χ0) is 32.2. The van der Waals surface area contributed by atoms with Crippen molar-refractivity contribution in [3.63, 3.8) is 0 Å². The molecule has 1 aromatic rings. The zero-order valence-corrected chi connectivity index (χ0v) is 27.5. The number of aliphatic carboxylic acids is 1. The van der Waals surface area contributed by atoms with E-state index in [9.17, 15) is 19.5 Å². The van der Waals surface area contributed by atoms with Gasteiger partial charge in [0.1, 0.15) is 17.2 Å². The number of nitrogens with one attached hydrogen (secondary N) is 1. The van der Waals surface area contributed by atoms with E-state index < -0.39 is 34.8 Å². The molecule has 4 saturated carbocycles. The minimum absolute atomic E-state index is 0. The number of methoxy groups -OCH3 is 2. The Labute approximate surface area is 280 Å². The highest BCUT2D eigenvalue weighted by molar-refractivity contribution is 5.96. The number of azo groups is 1. The molecular weight excluding hydrogens is 622 g/mol. The Morgan fingerprint density at radius 2 is 1.91 bits per heavy atom. The number of carboxylic acid groups (broad SMARTS) is 1. The predicted molar refractivity (Wildman–Crippen MR) is 176 cm³/mol.